The van der Waals surface area contributed by atoms with Crippen molar-refractivity contribution >= 4 is 37.3 Å². The number of hydrogen-bond acceptors (Lipinski definition) is 3. The van der Waals surface area contributed by atoms with E-state index < -0.39 is 10.0 Å². The van der Waals surface area contributed by atoms with Gasteiger partial charge in [-0.15, -0.1) is 11.3 Å². The molecule has 0 amide bonds. The molecule has 3 nitrogen and oxygen atoms in total. The average molecular weight is 388 g/mol. The minimum Gasteiger partial charge on any atom is -0.206 e. The maximum atomic E-state index is 12.5. The molecule has 0 N–H and O–H groups in total. The van der Waals surface area contributed by atoms with Gasteiger partial charge in [0.15, 0.2) is 0 Å². The number of thiophene rings is 1. The van der Waals surface area contributed by atoms with E-state index in [1.54, 1.807) is 13.1 Å². The summed E-state index contributed by atoms with van der Waals surface area (Å²) in [5.41, 5.74) is 3.19. The van der Waals surface area contributed by atoms with Crippen LogP contribution >= 0.6 is 27.3 Å². The van der Waals surface area contributed by atoms with E-state index >= 15 is 0 Å². The Balaban J connectivity index is 2.19. The van der Waals surface area contributed by atoms with Gasteiger partial charge < -0.3 is 0 Å². The maximum Gasteiger partial charge on any atom is 0.252 e. The van der Waals surface area contributed by atoms with Gasteiger partial charge in [-0.3, -0.25) is 0 Å². The zero-order chi connectivity index (χ0) is 15.6. The number of hydrogen-bond donors (Lipinski definition) is 0. The van der Waals surface area contributed by atoms with Crippen LogP contribution < -0.4 is 0 Å². The number of sulfonamides is 1. The lowest BCUT2D eigenvalue weighted by atomic mass is 10.1. The predicted molar refractivity (Wildman–Crippen MR) is 91.2 cm³/mol. The van der Waals surface area contributed by atoms with Gasteiger partial charge in [0.2, 0.25) is 0 Å². The van der Waals surface area contributed by atoms with Crippen molar-refractivity contribution in [3.05, 3.63) is 50.8 Å². The smallest absolute Gasteiger partial charge is 0.206 e. The lowest BCUT2D eigenvalue weighted by Gasteiger charge is -2.16. The van der Waals surface area contributed by atoms with Gasteiger partial charge >= 0.3 is 0 Å². The summed E-state index contributed by atoms with van der Waals surface area (Å²) in [6, 6.07) is 9.77. The summed E-state index contributed by atoms with van der Waals surface area (Å²) < 4.78 is 27.7. The molecule has 2 aromatic rings. The number of nitrogens with zero attached hydrogens (tertiary/aromatic N) is 1. The second-order valence-electron chi connectivity index (χ2n) is 4.95. The molecule has 0 saturated carbocycles. The fourth-order valence-electron chi connectivity index (χ4n) is 1.93. The van der Waals surface area contributed by atoms with Gasteiger partial charge in [-0.2, -0.15) is 4.31 Å². The Morgan fingerprint density at radius 3 is 2.24 bits per heavy atom. The second-order valence-corrected chi connectivity index (χ2v) is 9.60. The molecule has 114 valence electrons. The highest BCUT2D eigenvalue weighted by Crippen LogP contribution is 2.32. The quantitative estimate of drug-likeness (QED) is 0.770. The minimum atomic E-state index is -3.43. The van der Waals surface area contributed by atoms with E-state index in [9.17, 15) is 8.42 Å². The number of benzene rings is 1. The SMILES string of the molecule is CCc1ccc(CN(C)S(=O)(=O)c2cc(C)c(Br)s2)cc1. The third-order valence-electron chi connectivity index (χ3n) is 3.34. The summed E-state index contributed by atoms with van der Waals surface area (Å²) in [7, 11) is -1.82. The van der Waals surface area contributed by atoms with E-state index in [-0.39, 0.29) is 0 Å². The summed E-state index contributed by atoms with van der Waals surface area (Å²) in [4.78, 5) is 0. The average Bonchev–Trinajstić information content (AvgIpc) is 2.80. The molecule has 21 heavy (non-hydrogen) atoms. The van der Waals surface area contributed by atoms with Crippen molar-refractivity contribution in [3.8, 4) is 0 Å². The Bertz CT molecular complexity index is 701. The van der Waals surface area contributed by atoms with Crippen LogP contribution in [-0.2, 0) is 23.0 Å². The summed E-state index contributed by atoms with van der Waals surface area (Å²) in [5.74, 6) is 0. The Morgan fingerprint density at radius 2 is 1.76 bits per heavy atom. The Morgan fingerprint density at radius 1 is 1.19 bits per heavy atom. The van der Waals surface area contributed by atoms with Crippen molar-refractivity contribution in [2.24, 2.45) is 0 Å². The Kier molecular flexibility index (Phi) is 5.24. The molecule has 0 aliphatic carbocycles. The van der Waals surface area contributed by atoms with Gasteiger partial charge in [0.25, 0.3) is 10.0 Å². The summed E-state index contributed by atoms with van der Waals surface area (Å²) in [6.07, 6.45) is 0.983. The zero-order valence-corrected chi connectivity index (χ0v) is 15.5. The first-order valence-corrected chi connectivity index (χ1v) is 9.69. The molecular weight excluding hydrogens is 370 g/mol. The molecule has 1 aromatic heterocycles. The summed E-state index contributed by atoms with van der Waals surface area (Å²) in [5, 5.41) is 0. The van der Waals surface area contributed by atoms with Crippen LogP contribution in [0, 0.1) is 6.92 Å². The van der Waals surface area contributed by atoms with E-state index in [4.69, 9.17) is 0 Å². The fourth-order valence-corrected chi connectivity index (χ4v) is 5.53. The van der Waals surface area contributed by atoms with Crippen molar-refractivity contribution in [1.29, 1.82) is 0 Å². The first-order valence-electron chi connectivity index (χ1n) is 6.64. The Labute approximate surface area is 138 Å². The van der Waals surface area contributed by atoms with Gasteiger partial charge in [0.1, 0.15) is 4.21 Å². The van der Waals surface area contributed by atoms with E-state index in [0.29, 0.717) is 10.8 Å². The number of halogens is 1. The second kappa shape index (κ2) is 6.60. The van der Waals surface area contributed by atoms with E-state index in [2.05, 4.69) is 22.9 Å². The molecule has 0 unspecified atom stereocenters. The zero-order valence-electron chi connectivity index (χ0n) is 12.3. The van der Waals surface area contributed by atoms with Gasteiger partial charge in [-0.25, -0.2) is 8.42 Å². The third-order valence-corrected chi connectivity index (χ3v) is 7.72. The van der Waals surface area contributed by atoms with Crippen LogP contribution in [0.5, 0.6) is 0 Å². The van der Waals surface area contributed by atoms with Crippen LogP contribution in [0.4, 0.5) is 0 Å². The molecule has 1 aromatic carbocycles. The molecule has 2 rings (SSSR count). The van der Waals surface area contributed by atoms with Crippen LogP contribution in [0.15, 0.2) is 38.3 Å². The topological polar surface area (TPSA) is 37.4 Å². The molecule has 0 atom stereocenters. The predicted octanol–water partition coefficient (Wildman–Crippen LogP) is 4.20. The fraction of sp³-hybridized carbons (Fsp3) is 0.333. The molecule has 1 heterocycles. The lowest BCUT2D eigenvalue weighted by molar-refractivity contribution is 0.468. The van der Waals surface area contributed by atoms with Gasteiger partial charge in [-0.1, -0.05) is 31.2 Å². The molecule has 0 fully saturated rings. The van der Waals surface area contributed by atoms with Gasteiger partial charge in [0.05, 0.1) is 3.79 Å². The van der Waals surface area contributed by atoms with Crippen LogP contribution in [0.1, 0.15) is 23.6 Å². The van der Waals surface area contributed by atoms with E-state index in [1.807, 2.05) is 31.2 Å². The number of aryl methyl sites for hydroxylation is 2. The molecule has 0 saturated heterocycles. The molecule has 0 spiro atoms. The first kappa shape index (κ1) is 16.7. The Hall–Kier alpha value is -0.690. The number of rotatable bonds is 5. The van der Waals surface area contributed by atoms with Crippen molar-refractivity contribution < 1.29 is 8.42 Å². The molecule has 0 aliphatic heterocycles. The summed E-state index contributed by atoms with van der Waals surface area (Å²) in [6.45, 7) is 4.37. The van der Waals surface area contributed by atoms with Crippen molar-refractivity contribution in [3.63, 3.8) is 0 Å². The van der Waals surface area contributed by atoms with Crippen LogP contribution in [0.2, 0.25) is 0 Å². The normalized spacial score (nSPS) is 12.0. The highest BCUT2D eigenvalue weighted by molar-refractivity contribution is 9.11. The molecule has 6 heteroatoms. The van der Waals surface area contributed by atoms with Crippen molar-refractivity contribution in [2.75, 3.05) is 7.05 Å². The monoisotopic (exact) mass is 387 g/mol. The standard InChI is InChI=1S/C15H18BrNO2S2/c1-4-12-5-7-13(8-6-12)10-17(3)21(18,19)14-9-11(2)15(16)20-14/h5-9H,4,10H2,1-3H3. The highest BCUT2D eigenvalue weighted by atomic mass is 79.9. The van der Waals surface area contributed by atoms with Crippen LogP contribution in [0.25, 0.3) is 0 Å². The van der Waals surface area contributed by atoms with Crippen LogP contribution in [0.3, 0.4) is 0 Å². The minimum absolute atomic E-state index is 0.375. The molecule has 0 aliphatic rings. The van der Waals surface area contributed by atoms with E-state index in [1.165, 1.54) is 21.2 Å². The van der Waals surface area contributed by atoms with Crippen molar-refractivity contribution in [2.45, 2.75) is 31.0 Å². The lowest BCUT2D eigenvalue weighted by Crippen LogP contribution is -2.25. The first-order chi connectivity index (χ1) is 9.84. The molecular formula is C15H18BrNO2S2. The van der Waals surface area contributed by atoms with Gasteiger partial charge in [-0.05, 0) is 52.0 Å². The largest absolute Gasteiger partial charge is 0.252 e. The van der Waals surface area contributed by atoms with E-state index in [0.717, 1.165) is 21.3 Å². The molecule has 0 radical (unpaired) electrons. The summed E-state index contributed by atoms with van der Waals surface area (Å²) >= 11 is 4.63. The molecule has 0 bridgehead atoms. The third kappa shape index (κ3) is 3.74. The van der Waals surface area contributed by atoms with Gasteiger partial charge in [0, 0.05) is 13.6 Å². The highest BCUT2D eigenvalue weighted by Gasteiger charge is 2.23. The van der Waals surface area contributed by atoms with Crippen LogP contribution in [-0.4, -0.2) is 19.8 Å². The van der Waals surface area contributed by atoms with Crippen molar-refractivity contribution in [1.82, 2.24) is 4.31 Å². The maximum absolute atomic E-state index is 12.5.